The van der Waals surface area contributed by atoms with E-state index in [0.29, 0.717) is 6.54 Å². The molecule has 1 saturated carbocycles. The Morgan fingerprint density at radius 3 is 2.47 bits per heavy atom. The van der Waals surface area contributed by atoms with Gasteiger partial charge in [-0.05, 0) is 31.4 Å². The first-order valence-corrected chi connectivity index (χ1v) is 7.05. The van der Waals surface area contributed by atoms with Crippen LogP contribution in [0.2, 0.25) is 0 Å². The van der Waals surface area contributed by atoms with Gasteiger partial charge in [-0.2, -0.15) is 0 Å². The normalized spacial score (nSPS) is 18.0. The lowest BCUT2D eigenvalue weighted by molar-refractivity contribution is -0.150. The minimum absolute atomic E-state index is 0.560. The average molecular weight is 261 g/mol. The Labute approximate surface area is 115 Å². The number of aliphatic carboxylic acids is 1. The smallest absolute Gasteiger partial charge is 0.311 e. The molecule has 3 nitrogen and oxygen atoms in total. The van der Waals surface area contributed by atoms with Crippen LogP contribution in [0, 0.1) is 12.3 Å². The lowest BCUT2D eigenvalue weighted by Crippen LogP contribution is -2.43. The van der Waals surface area contributed by atoms with E-state index < -0.39 is 11.4 Å². The summed E-state index contributed by atoms with van der Waals surface area (Å²) in [5.74, 6) is -0.632. The number of anilines is 1. The maximum absolute atomic E-state index is 11.7. The number of aryl methyl sites for hydroxylation is 1. The van der Waals surface area contributed by atoms with Crippen molar-refractivity contribution in [3.8, 4) is 0 Å². The minimum Gasteiger partial charge on any atom is -0.481 e. The van der Waals surface area contributed by atoms with Crippen LogP contribution in [0.25, 0.3) is 0 Å². The summed E-state index contributed by atoms with van der Waals surface area (Å²) in [7, 11) is 2.00. The highest BCUT2D eigenvalue weighted by molar-refractivity contribution is 5.76. The first-order valence-electron chi connectivity index (χ1n) is 7.05. The van der Waals surface area contributed by atoms with Gasteiger partial charge in [-0.25, -0.2) is 0 Å². The van der Waals surface area contributed by atoms with Gasteiger partial charge in [-0.15, -0.1) is 0 Å². The van der Waals surface area contributed by atoms with Crippen LogP contribution in [0.4, 0.5) is 5.69 Å². The number of carbonyl (C=O) groups is 1. The number of benzene rings is 1. The van der Waals surface area contributed by atoms with E-state index in [9.17, 15) is 9.90 Å². The van der Waals surface area contributed by atoms with Crippen LogP contribution < -0.4 is 4.90 Å². The van der Waals surface area contributed by atoms with E-state index in [-0.39, 0.29) is 0 Å². The molecule has 1 N–H and O–H groups in total. The molecule has 3 heteroatoms. The molecule has 0 saturated heterocycles. The zero-order chi connectivity index (χ0) is 13.9. The van der Waals surface area contributed by atoms with E-state index in [2.05, 4.69) is 24.0 Å². The summed E-state index contributed by atoms with van der Waals surface area (Å²) in [5, 5.41) is 9.63. The fraction of sp³-hybridized carbons (Fsp3) is 0.562. The van der Waals surface area contributed by atoms with Gasteiger partial charge in [-0.1, -0.05) is 37.5 Å². The summed E-state index contributed by atoms with van der Waals surface area (Å²) in [6.07, 6.45) is 4.85. The fourth-order valence-electron chi connectivity index (χ4n) is 3.20. The molecule has 0 atom stereocenters. The Kier molecular flexibility index (Phi) is 4.13. The van der Waals surface area contributed by atoms with Gasteiger partial charge in [0.15, 0.2) is 0 Å². The van der Waals surface area contributed by atoms with E-state index in [1.54, 1.807) is 0 Å². The summed E-state index contributed by atoms with van der Waals surface area (Å²) in [6.45, 7) is 2.67. The van der Waals surface area contributed by atoms with Crippen molar-refractivity contribution in [2.75, 3.05) is 18.5 Å². The maximum atomic E-state index is 11.7. The van der Waals surface area contributed by atoms with Crippen molar-refractivity contribution >= 4 is 11.7 Å². The molecular formula is C16H23NO2. The van der Waals surface area contributed by atoms with E-state index in [1.807, 2.05) is 19.2 Å². The fourth-order valence-corrected chi connectivity index (χ4v) is 3.20. The third-order valence-corrected chi connectivity index (χ3v) is 4.33. The molecule has 0 aliphatic heterocycles. The van der Waals surface area contributed by atoms with Crippen LogP contribution in [0.3, 0.4) is 0 Å². The number of rotatable bonds is 4. The second-order valence-electron chi connectivity index (χ2n) is 5.79. The molecule has 104 valence electrons. The molecule has 1 aliphatic rings. The average Bonchev–Trinajstić information content (AvgIpc) is 2.40. The SMILES string of the molecule is Cc1ccccc1N(C)CC1(C(=O)O)CCCCC1. The number of para-hydroxylation sites is 1. The highest BCUT2D eigenvalue weighted by Crippen LogP contribution is 2.38. The number of hydrogen-bond donors (Lipinski definition) is 1. The lowest BCUT2D eigenvalue weighted by Gasteiger charge is -2.37. The van der Waals surface area contributed by atoms with Gasteiger partial charge in [-0.3, -0.25) is 4.79 Å². The molecule has 1 aliphatic carbocycles. The molecule has 19 heavy (non-hydrogen) atoms. The molecule has 2 rings (SSSR count). The van der Waals surface area contributed by atoms with Crippen LogP contribution in [0.5, 0.6) is 0 Å². The Balaban J connectivity index is 2.18. The molecule has 0 aromatic heterocycles. The zero-order valence-electron chi connectivity index (χ0n) is 11.9. The topological polar surface area (TPSA) is 40.5 Å². The van der Waals surface area contributed by atoms with Gasteiger partial charge >= 0.3 is 5.97 Å². The minimum atomic E-state index is -0.632. The van der Waals surface area contributed by atoms with Crippen LogP contribution in [-0.2, 0) is 4.79 Å². The van der Waals surface area contributed by atoms with Gasteiger partial charge in [0.1, 0.15) is 0 Å². The number of hydrogen-bond acceptors (Lipinski definition) is 2. The summed E-state index contributed by atoms with van der Waals surface area (Å²) >= 11 is 0. The van der Waals surface area contributed by atoms with Crippen LogP contribution in [-0.4, -0.2) is 24.7 Å². The third kappa shape index (κ3) is 2.91. The van der Waals surface area contributed by atoms with Gasteiger partial charge < -0.3 is 10.0 Å². The summed E-state index contributed by atoms with van der Waals surface area (Å²) in [4.78, 5) is 13.8. The van der Waals surface area contributed by atoms with E-state index in [0.717, 1.165) is 31.4 Å². The monoisotopic (exact) mass is 261 g/mol. The second kappa shape index (κ2) is 5.64. The molecule has 1 aromatic carbocycles. The van der Waals surface area contributed by atoms with Crippen LogP contribution in [0.15, 0.2) is 24.3 Å². The number of carboxylic acids is 1. The summed E-state index contributed by atoms with van der Waals surface area (Å²) in [5.41, 5.74) is 1.77. The molecule has 0 amide bonds. The van der Waals surface area contributed by atoms with E-state index in [1.165, 1.54) is 12.0 Å². The summed E-state index contributed by atoms with van der Waals surface area (Å²) in [6, 6.07) is 8.15. The third-order valence-electron chi connectivity index (χ3n) is 4.33. The second-order valence-corrected chi connectivity index (χ2v) is 5.79. The van der Waals surface area contributed by atoms with Gasteiger partial charge in [0.05, 0.1) is 5.41 Å². The van der Waals surface area contributed by atoms with E-state index in [4.69, 9.17) is 0 Å². The van der Waals surface area contributed by atoms with Crippen molar-refractivity contribution < 1.29 is 9.90 Å². The highest BCUT2D eigenvalue weighted by atomic mass is 16.4. The molecule has 0 bridgehead atoms. The summed E-state index contributed by atoms with van der Waals surface area (Å²) < 4.78 is 0. The van der Waals surface area contributed by atoms with Gasteiger partial charge in [0.2, 0.25) is 0 Å². The molecular weight excluding hydrogens is 238 g/mol. The van der Waals surface area contributed by atoms with Crippen molar-refractivity contribution in [2.45, 2.75) is 39.0 Å². The molecule has 1 fully saturated rings. The van der Waals surface area contributed by atoms with Crippen molar-refractivity contribution in [3.05, 3.63) is 29.8 Å². The molecule has 1 aromatic rings. The first kappa shape index (κ1) is 13.9. The highest BCUT2D eigenvalue weighted by Gasteiger charge is 2.40. The van der Waals surface area contributed by atoms with E-state index >= 15 is 0 Å². The lowest BCUT2D eigenvalue weighted by atomic mass is 9.73. The molecule has 0 spiro atoms. The zero-order valence-corrected chi connectivity index (χ0v) is 11.9. The predicted octanol–water partition coefficient (Wildman–Crippen LogP) is 3.47. The Morgan fingerprint density at radius 1 is 1.26 bits per heavy atom. The Hall–Kier alpha value is -1.51. The van der Waals surface area contributed by atoms with Crippen molar-refractivity contribution in [1.82, 2.24) is 0 Å². The quantitative estimate of drug-likeness (QED) is 0.902. The number of carboxylic acid groups (broad SMARTS) is 1. The predicted molar refractivity (Wildman–Crippen MR) is 77.6 cm³/mol. The molecule has 0 radical (unpaired) electrons. The number of nitrogens with zero attached hydrogens (tertiary/aromatic N) is 1. The van der Waals surface area contributed by atoms with Crippen molar-refractivity contribution in [2.24, 2.45) is 5.41 Å². The standard InChI is InChI=1S/C16H23NO2/c1-13-8-4-5-9-14(13)17(2)12-16(15(18)19)10-6-3-7-11-16/h4-5,8-9H,3,6-7,10-12H2,1-2H3,(H,18,19). The maximum Gasteiger partial charge on any atom is 0.311 e. The van der Waals surface area contributed by atoms with Crippen LogP contribution in [0.1, 0.15) is 37.7 Å². The van der Waals surface area contributed by atoms with Crippen LogP contribution >= 0.6 is 0 Å². The largest absolute Gasteiger partial charge is 0.481 e. The first-order chi connectivity index (χ1) is 9.05. The Bertz CT molecular complexity index is 450. The Morgan fingerprint density at radius 2 is 1.89 bits per heavy atom. The van der Waals surface area contributed by atoms with Gasteiger partial charge in [0, 0.05) is 19.3 Å². The molecule has 0 unspecified atom stereocenters. The van der Waals surface area contributed by atoms with Crippen molar-refractivity contribution in [1.29, 1.82) is 0 Å². The van der Waals surface area contributed by atoms with Gasteiger partial charge in [0.25, 0.3) is 0 Å². The van der Waals surface area contributed by atoms with Crippen molar-refractivity contribution in [3.63, 3.8) is 0 Å². The molecule has 0 heterocycles.